The number of rotatable bonds is 1. The summed E-state index contributed by atoms with van der Waals surface area (Å²) in [6, 6.07) is 3.61. The number of hydrogen-bond donors (Lipinski definition) is 0. The standard InChI is InChI=1S/C5H8N2.C3H3N/c1-2-7-5-3-4-6-7;1-2-3-4/h3-5H,2H2,1H3;2H,1H2. The van der Waals surface area contributed by atoms with Gasteiger partial charge in [0.2, 0.25) is 0 Å². The molecule has 11 heavy (non-hydrogen) atoms. The van der Waals surface area contributed by atoms with Gasteiger partial charge in [-0.1, -0.05) is 6.58 Å². The molecular weight excluding hydrogens is 138 g/mol. The first-order valence-corrected chi connectivity index (χ1v) is 3.33. The predicted octanol–water partition coefficient (Wildman–Crippen LogP) is 1.60. The van der Waals surface area contributed by atoms with Crippen LogP contribution in [0.2, 0.25) is 0 Å². The van der Waals surface area contributed by atoms with Crippen LogP contribution in [0.4, 0.5) is 0 Å². The molecule has 0 N–H and O–H groups in total. The van der Waals surface area contributed by atoms with Crippen molar-refractivity contribution in [3.05, 3.63) is 31.1 Å². The fraction of sp³-hybridized carbons (Fsp3) is 0.250. The molecule has 1 aromatic rings. The Morgan fingerprint density at radius 1 is 1.82 bits per heavy atom. The van der Waals surface area contributed by atoms with Gasteiger partial charge in [0.1, 0.15) is 0 Å². The molecule has 0 saturated heterocycles. The molecule has 0 amide bonds. The number of hydrogen-bond acceptors (Lipinski definition) is 2. The van der Waals surface area contributed by atoms with Gasteiger partial charge in [0.05, 0.1) is 6.07 Å². The van der Waals surface area contributed by atoms with E-state index in [1.165, 1.54) is 6.08 Å². The van der Waals surface area contributed by atoms with Crippen LogP contribution >= 0.6 is 0 Å². The molecule has 0 aliphatic carbocycles. The Labute approximate surface area is 66.6 Å². The van der Waals surface area contributed by atoms with Crippen molar-refractivity contribution < 1.29 is 0 Å². The highest BCUT2D eigenvalue weighted by molar-refractivity contribution is 4.93. The highest BCUT2D eigenvalue weighted by atomic mass is 15.2. The minimum Gasteiger partial charge on any atom is -0.273 e. The lowest BCUT2D eigenvalue weighted by molar-refractivity contribution is 0.660. The van der Waals surface area contributed by atoms with Gasteiger partial charge in [-0.25, -0.2) is 0 Å². The van der Waals surface area contributed by atoms with E-state index in [0.717, 1.165) is 6.54 Å². The van der Waals surface area contributed by atoms with Crippen LogP contribution in [0, 0.1) is 11.3 Å². The summed E-state index contributed by atoms with van der Waals surface area (Å²) in [5.74, 6) is 0. The molecule has 0 radical (unpaired) electrons. The van der Waals surface area contributed by atoms with Crippen LogP contribution in [0.3, 0.4) is 0 Å². The Morgan fingerprint density at radius 2 is 2.45 bits per heavy atom. The summed E-state index contributed by atoms with van der Waals surface area (Å²) in [5, 5.41) is 11.5. The number of nitriles is 1. The first kappa shape index (κ1) is 9.44. The van der Waals surface area contributed by atoms with Gasteiger partial charge in [0.15, 0.2) is 0 Å². The fourth-order valence-corrected chi connectivity index (χ4v) is 0.488. The molecule has 0 aliphatic rings. The maximum atomic E-state index is 7.51. The molecule has 58 valence electrons. The van der Waals surface area contributed by atoms with Gasteiger partial charge < -0.3 is 0 Å². The van der Waals surface area contributed by atoms with Crippen molar-refractivity contribution in [1.29, 1.82) is 5.26 Å². The summed E-state index contributed by atoms with van der Waals surface area (Å²) >= 11 is 0. The van der Waals surface area contributed by atoms with Gasteiger partial charge in [-0.3, -0.25) is 4.68 Å². The Morgan fingerprint density at radius 3 is 2.64 bits per heavy atom. The zero-order valence-corrected chi connectivity index (χ0v) is 6.57. The number of aryl methyl sites for hydroxylation is 1. The largest absolute Gasteiger partial charge is 0.273 e. The maximum Gasteiger partial charge on any atom is 0.0905 e. The third-order valence-electron chi connectivity index (χ3n) is 0.974. The van der Waals surface area contributed by atoms with Crippen LogP contribution < -0.4 is 0 Å². The van der Waals surface area contributed by atoms with Gasteiger partial charge in [0.25, 0.3) is 0 Å². The Bertz CT molecular complexity index is 218. The van der Waals surface area contributed by atoms with Gasteiger partial charge in [-0.05, 0) is 13.0 Å². The lowest BCUT2D eigenvalue weighted by Crippen LogP contribution is -1.91. The number of nitrogens with zero attached hydrogens (tertiary/aromatic N) is 3. The Kier molecular flexibility index (Phi) is 5.63. The summed E-state index contributed by atoms with van der Waals surface area (Å²) < 4.78 is 1.88. The van der Waals surface area contributed by atoms with Crippen molar-refractivity contribution >= 4 is 0 Å². The molecule has 0 bridgehead atoms. The first-order valence-electron chi connectivity index (χ1n) is 3.33. The molecule has 0 unspecified atom stereocenters. The second kappa shape index (κ2) is 6.56. The average molecular weight is 149 g/mol. The van der Waals surface area contributed by atoms with E-state index in [1.807, 2.05) is 16.9 Å². The van der Waals surface area contributed by atoms with E-state index in [-0.39, 0.29) is 0 Å². The van der Waals surface area contributed by atoms with Crippen LogP contribution in [-0.2, 0) is 6.54 Å². The smallest absolute Gasteiger partial charge is 0.0905 e. The van der Waals surface area contributed by atoms with Crippen molar-refractivity contribution in [1.82, 2.24) is 9.78 Å². The van der Waals surface area contributed by atoms with Crippen molar-refractivity contribution in [2.24, 2.45) is 0 Å². The van der Waals surface area contributed by atoms with E-state index in [2.05, 4.69) is 18.6 Å². The third kappa shape index (κ3) is 4.91. The lowest BCUT2D eigenvalue weighted by atomic mass is 10.7. The Hall–Kier alpha value is -1.56. The maximum absolute atomic E-state index is 7.51. The van der Waals surface area contributed by atoms with E-state index >= 15 is 0 Å². The minimum absolute atomic E-state index is 0.965. The van der Waals surface area contributed by atoms with Gasteiger partial charge in [0, 0.05) is 25.0 Å². The van der Waals surface area contributed by atoms with Crippen LogP contribution in [0.1, 0.15) is 6.92 Å². The number of aromatic nitrogens is 2. The monoisotopic (exact) mass is 149 g/mol. The van der Waals surface area contributed by atoms with E-state index in [4.69, 9.17) is 5.26 Å². The summed E-state index contributed by atoms with van der Waals surface area (Å²) in [5.41, 5.74) is 0. The summed E-state index contributed by atoms with van der Waals surface area (Å²) in [6.45, 7) is 6.15. The number of allylic oxidation sites excluding steroid dienone is 1. The quantitative estimate of drug-likeness (QED) is 0.569. The van der Waals surface area contributed by atoms with Crippen LogP contribution in [0.15, 0.2) is 31.1 Å². The lowest BCUT2D eigenvalue weighted by Gasteiger charge is -1.87. The topological polar surface area (TPSA) is 41.6 Å². The molecule has 0 spiro atoms. The molecule has 0 aliphatic heterocycles. The van der Waals surface area contributed by atoms with Crippen LogP contribution in [0.5, 0.6) is 0 Å². The van der Waals surface area contributed by atoms with Crippen LogP contribution in [0.25, 0.3) is 0 Å². The predicted molar refractivity (Wildman–Crippen MR) is 43.7 cm³/mol. The summed E-state index contributed by atoms with van der Waals surface area (Å²) in [7, 11) is 0. The molecular formula is C8H11N3. The normalized spacial score (nSPS) is 7.27. The molecule has 1 rings (SSSR count). The molecule has 0 atom stereocenters. The molecule has 3 nitrogen and oxygen atoms in total. The fourth-order valence-electron chi connectivity index (χ4n) is 0.488. The Balaban J connectivity index is 0.000000218. The minimum atomic E-state index is 0.965. The zero-order chi connectivity index (χ0) is 8.53. The molecule has 1 heterocycles. The van der Waals surface area contributed by atoms with Crippen molar-refractivity contribution in [3.8, 4) is 6.07 Å². The van der Waals surface area contributed by atoms with Crippen molar-refractivity contribution in [2.75, 3.05) is 0 Å². The molecule has 0 aromatic carbocycles. The first-order chi connectivity index (χ1) is 5.35. The molecule has 3 heteroatoms. The highest BCUT2D eigenvalue weighted by Gasteiger charge is 1.77. The molecule has 0 fully saturated rings. The van der Waals surface area contributed by atoms with Crippen molar-refractivity contribution in [2.45, 2.75) is 13.5 Å². The highest BCUT2D eigenvalue weighted by Crippen LogP contribution is 1.79. The average Bonchev–Trinajstić information content (AvgIpc) is 2.56. The van der Waals surface area contributed by atoms with E-state index < -0.39 is 0 Å². The van der Waals surface area contributed by atoms with E-state index in [9.17, 15) is 0 Å². The van der Waals surface area contributed by atoms with E-state index in [1.54, 1.807) is 12.3 Å². The zero-order valence-electron chi connectivity index (χ0n) is 6.57. The third-order valence-corrected chi connectivity index (χ3v) is 0.974. The van der Waals surface area contributed by atoms with Gasteiger partial charge in [-0.15, -0.1) is 0 Å². The molecule has 0 saturated carbocycles. The summed E-state index contributed by atoms with van der Waals surface area (Å²) in [6.07, 6.45) is 4.91. The SMILES string of the molecule is C=CC#N.CCn1cccn1. The molecule has 1 aromatic heterocycles. The summed E-state index contributed by atoms with van der Waals surface area (Å²) in [4.78, 5) is 0. The van der Waals surface area contributed by atoms with Crippen molar-refractivity contribution in [3.63, 3.8) is 0 Å². The second-order valence-electron chi connectivity index (χ2n) is 1.69. The van der Waals surface area contributed by atoms with Gasteiger partial charge in [-0.2, -0.15) is 10.4 Å². The van der Waals surface area contributed by atoms with Crippen LogP contribution in [-0.4, -0.2) is 9.78 Å². The van der Waals surface area contributed by atoms with E-state index in [0.29, 0.717) is 0 Å². The van der Waals surface area contributed by atoms with Gasteiger partial charge >= 0.3 is 0 Å². The second-order valence-corrected chi connectivity index (χ2v) is 1.69.